The molecule has 0 bridgehead atoms. The summed E-state index contributed by atoms with van der Waals surface area (Å²) < 4.78 is 11.0. The fraction of sp³-hybridized carbons (Fsp3) is 0.652. The summed E-state index contributed by atoms with van der Waals surface area (Å²) in [5, 5.41) is 8.44. The zero-order valence-electron chi connectivity index (χ0n) is 16.7. The number of aryl methyl sites for hydroxylation is 1. The molecular weight excluding hydrogens is 352 g/mol. The maximum Gasteiger partial charge on any atom is 0.415 e. The molecular formula is C23H30N2O3. The molecule has 1 amide bonds. The second-order valence-corrected chi connectivity index (χ2v) is 9.22. The van der Waals surface area contributed by atoms with E-state index in [1.54, 1.807) is 4.90 Å². The number of amides is 1. The molecule has 3 fully saturated rings. The Morgan fingerprint density at radius 2 is 2.04 bits per heavy atom. The van der Waals surface area contributed by atoms with E-state index < -0.39 is 0 Å². The number of carbonyl (C=O) groups excluding carboxylic acids is 1. The van der Waals surface area contributed by atoms with Crippen LogP contribution in [0.15, 0.2) is 18.2 Å². The van der Waals surface area contributed by atoms with E-state index in [0.717, 1.165) is 25.0 Å². The molecule has 0 aromatic heterocycles. The zero-order chi connectivity index (χ0) is 19.3. The average molecular weight is 383 g/mol. The monoisotopic (exact) mass is 382 g/mol. The molecule has 0 spiro atoms. The first-order valence-corrected chi connectivity index (χ1v) is 10.8. The Morgan fingerprint density at radius 1 is 1.21 bits per heavy atom. The molecule has 5 rings (SSSR count). The molecule has 3 aliphatic carbocycles. The Bertz CT molecular complexity index is 801. The summed E-state index contributed by atoms with van der Waals surface area (Å²) in [5.74, 6) is 2.65. The van der Waals surface area contributed by atoms with E-state index in [2.05, 4.69) is 19.1 Å². The minimum atomic E-state index is -0.269. The Labute approximate surface area is 166 Å². The largest absolute Gasteiger partial charge is 0.415 e. The van der Waals surface area contributed by atoms with Gasteiger partial charge in [-0.15, -0.1) is 0 Å². The van der Waals surface area contributed by atoms with Gasteiger partial charge < -0.3 is 19.8 Å². The predicted octanol–water partition coefficient (Wildman–Crippen LogP) is 4.39. The number of benzene rings is 1. The lowest BCUT2D eigenvalue weighted by atomic mass is 9.55. The molecule has 1 aromatic rings. The smallest absolute Gasteiger partial charge is 0.410 e. The SMILES string of the molecule is CC12CCC3c4ccc(OC(=O)N5CCOCC5)cc4CCC3C1CCC2=N. The fourth-order valence-electron chi connectivity index (χ4n) is 6.35. The second-order valence-electron chi connectivity index (χ2n) is 9.22. The van der Waals surface area contributed by atoms with Crippen molar-refractivity contribution < 1.29 is 14.3 Å². The van der Waals surface area contributed by atoms with Crippen molar-refractivity contribution in [1.29, 1.82) is 5.41 Å². The Balaban J connectivity index is 1.33. The molecule has 2 saturated carbocycles. The van der Waals surface area contributed by atoms with Gasteiger partial charge in [0.15, 0.2) is 0 Å². The number of ether oxygens (including phenoxy) is 2. The van der Waals surface area contributed by atoms with Gasteiger partial charge >= 0.3 is 6.09 Å². The van der Waals surface area contributed by atoms with Gasteiger partial charge in [0.1, 0.15) is 5.75 Å². The number of carbonyl (C=O) groups is 1. The molecule has 0 radical (unpaired) electrons. The van der Waals surface area contributed by atoms with Crippen molar-refractivity contribution in [3.8, 4) is 5.75 Å². The fourth-order valence-corrected chi connectivity index (χ4v) is 6.35. The summed E-state index contributed by atoms with van der Waals surface area (Å²) in [6.45, 7) is 4.71. The number of nitrogens with one attached hydrogen (secondary N) is 1. The van der Waals surface area contributed by atoms with E-state index in [9.17, 15) is 4.79 Å². The summed E-state index contributed by atoms with van der Waals surface area (Å²) in [5.41, 5.74) is 3.95. The van der Waals surface area contributed by atoms with Gasteiger partial charge in [-0.05, 0) is 79.5 Å². The molecule has 1 N–H and O–H groups in total. The van der Waals surface area contributed by atoms with Gasteiger partial charge in [0.25, 0.3) is 0 Å². The summed E-state index contributed by atoms with van der Waals surface area (Å²) in [4.78, 5) is 14.1. The van der Waals surface area contributed by atoms with Gasteiger partial charge in [0.2, 0.25) is 0 Å². The highest BCUT2D eigenvalue weighted by Gasteiger charge is 2.52. The third kappa shape index (κ3) is 2.86. The van der Waals surface area contributed by atoms with Crippen LogP contribution in [0.1, 0.15) is 56.1 Å². The number of nitrogens with zero attached hydrogens (tertiary/aromatic N) is 1. The molecule has 4 atom stereocenters. The quantitative estimate of drug-likeness (QED) is 0.783. The van der Waals surface area contributed by atoms with Gasteiger partial charge in [0.05, 0.1) is 13.2 Å². The minimum absolute atomic E-state index is 0.145. The lowest BCUT2D eigenvalue weighted by Crippen LogP contribution is -2.42. The van der Waals surface area contributed by atoms with Crippen molar-refractivity contribution in [2.24, 2.45) is 17.3 Å². The highest BCUT2D eigenvalue weighted by Crippen LogP contribution is 2.59. The van der Waals surface area contributed by atoms with Gasteiger partial charge in [-0.1, -0.05) is 13.0 Å². The molecule has 5 nitrogen and oxygen atoms in total. The van der Waals surface area contributed by atoms with Crippen LogP contribution >= 0.6 is 0 Å². The van der Waals surface area contributed by atoms with Crippen molar-refractivity contribution in [3.63, 3.8) is 0 Å². The zero-order valence-corrected chi connectivity index (χ0v) is 16.7. The second kappa shape index (κ2) is 6.87. The van der Waals surface area contributed by atoms with Crippen LogP contribution < -0.4 is 4.74 Å². The van der Waals surface area contributed by atoms with Crippen LogP contribution in [0, 0.1) is 22.7 Å². The van der Waals surface area contributed by atoms with Crippen molar-refractivity contribution in [2.45, 2.75) is 51.4 Å². The van der Waals surface area contributed by atoms with Crippen molar-refractivity contribution in [1.82, 2.24) is 4.90 Å². The first kappa shape index (κ1) is 18.2. The van der Waals surface area contributed by atoms with Crippen LogP contribution in [0.2, 0.25) is 0 Å². The molecule has 4 unspecified atom stereocenters. The summed E-state index contributed by atoms with van der Waals surface area (Å²) in [6, 6.07) is 6.27. The van der Waals surface area contributed by atoms with E-state index in [1.165, 1.54) is 30.4 Å². The molecule has 28 heavy (non-hydrogen) atoms. The predicted molar refractivity (Wildman–Crippen MR) is 107 cm³/mol. The van der Waals surface area contributed by atoms with Crippen molar-refractivity contribution in [2.75, 3.05) is 26.3 Å². The van der Waals surface area contributed by atoms with Gasteiger partial charge in [0, 0.05) is 24.2 Å². The molecule has 1 aliphatic heterocycles. The Morgan fingerprint density at radius 3 is 2.86 bits per heavy atom. The minimum Gasteiger partial charge on any atom is -0.410 e. The van der Waals surface area contributed by atoms with Crippen LogP contribution in [0.4, 0.5) is 4.79 Å². The van der Waals surface area contributed by atoms with E-state index in [4.69, 9.17) is 14.9 Å². The van der Waals surface area contributed by atoms with Crippen LogP contribution in [0.25, 0.3) is 0 Å². The number of rotatable bonds is 1. The van der Waals surface area contributed by atoms with Crippen molar-refractivity contribution >= 4 is 11.8 Å². The van der Waals surface area contributed by atoms with E-state index in [-0.39, 0.29) is 11.5 Å². The molecule has 150 valence electrons. The normalized spacial score (nSPS) is 34.4. The maximum atomic E-state index is 12.4. The lowest BCUT2D eigenvalue weighted by Gasteiger charge is -2.49. The number of fused-ring (bicyclic) bond motifs is 5. The average Bonchev–Trinajstić information content (AvgIpc) is 3.03. The first-order chi connectivity index (χ1) is 13.6. The maximum absolute atomic E-state index is 12.4. The van der Waals surface area contributed by atoms with Gasteiger partial charge in [-0.3, -0.25) is 0 Å². The standard InChI is InChI=1S/C23H30N2O3/c1-23-9-8-18-17-5-3-16(28-22(26)25-10-12-27-13-11-25)14-15(17)2-4-19(18)20(23)6-7-21(23)24/h3,5,14,18-20,24H,2,4,6-13H2,1H3. The third-order valence-electron chi connectivity index (χ3n) is 7.96. The lowest BCUT2D eigenvalue weighted by molar-refractivity contribution is 0.0415. The van der Waals surface area contributed by atoms with Gasteiger partial charge in [-0.2, -0.15) is 0 Å². The summed E-state index contributed by atoms with van der Waals surface area (Å²) in [7, 11) is 0. The highest BCUT2D eigenvalue weighted by molar-refractivity contribution is 5.89. The van der Waals surface area contributed by atoms with Crippen LogP contribution in [-0.2, 0) is 11.2 Å². The van der Waals surface area contributed by atoms with E-state index >= 15 is 0 Å². The molecule has 1 aromatic carbocycles. The van der Waals surface area contributed by atoms with Gasteiger partial charge in [-0.25, -0.2) is 4.79 Å². The number of hydrogen-bond acceptors (Lipinski definition) is 4. The van der Waals surface area contributed by atoms with Crippen LogP contribution in [0.5, 0.6) is 5.75 Å². The van der Waals surface area contributed by atoms with Crippen LogP contribution in [0.3, 0.4) is 0 Å². The first-order valence-electron chi connectivity index (χ1n) is 10.8. The Kier molecular flexibility index (Phi) is 4.46. The van der Waals surface area contributed by atoms with Crippen LogP contribution in [-0.4, -0.2) is 43.0 Å². The highest BCUT2D eigenvalue weighted by atomic mass is 16.6. The van der Waals surface area contributed by atoms with Crippen molar-refractivity contribution in [3.05, 3.63) is 29.3 Å². The third-order valence-corrected chi connectivity index (χ3v) is 7.96. The summed E-state index contributed by atoms with van der Waals surface area (Å²) in [6.07, 6.45) is 6.50. The molecule has 4 aliphatic rings. The molecule has 5 heteroatoms. The summed E-state index contributed by atoms with van der Waals surface area (Å²) >= 11 is 0. The topological polar surface area (TPSA) is 62.6 Å². The number of hydrogen-bond donors (Lipinski definition) is 1. The number of morpholine rings is 1. The Hall–Kier alpha value is -1.88. The van der Waals surface area contributed by atoms with E-state index in [1.807, 2.05) is 6.07 Å². The molecule has 1 heterocycles. The van der Waals surface area contributed by atoms with E-state index in [0.29, 0.717) is 49.8 Å². The molecule has 1 saturated heterocycles.